The van der Waals surface area contributed by atoms with E-state index in [0.717, 1.165) is 25.7 Å². The third kappa shape index (κ3) is 1.93. The van der Waals surface area contributed by atoms with Crippen LogP contribution in [0.15, 0.2) is 22.9 Å². The summed E-state index contributed by atoms with van der Waals surface area (Å²) in [5.74, 6) is -1.47. The summed E-state index contributed by atoms with van der Waals surface area (Å²) in [6.07, 6.45) is 5.72. The fraction of sp³-hybridized carbons (Fsp3) is 0.562. The molecule has 1 aromatic heterocycles. The summed E-state index contributed by atoms with van der Waals surface area (Å²) in [5.41, 5.74) is 0.771. The molecule has 1 amide bonds. The Bertz CT molecular complexity index is 641. The number of aliphatic carboxylic acids is 1. The number of amides is 1. The van der Waals surface area contributed by atoms with E-state index in [1.54, 1.807) is 18.3 Å². The van der Waals surface area contributed by atoms with Crippen LogP contribution in [0.3, 0.4) is 0 Å². The van der Waals surface area contributed by atoms with Gasteiger partial charge in [0.05, 0.1) is 23.7 Å². The van der Waals surface area contributed by atoms with E-state index in [4.69, 9.17) is 0 Å². The molecule has 0 aliphatic heterocycles. The van der Waals surface area contributed by atoms with E-state index in [1.165, 1.54) is 0 Å². The number of nitrogens with one attached hydrogen (secondary N) is 1. The summed E-state index contributed by atoms with van der Waals surface area (Å²) in [5, 5.41) is 12.5. The average molecular weight is 365 g/mol. The number of hydrogen-bond donors (Lipinski definition) is 2. The molecule has 5 nitrogen and oxygen atoms in total. The first-order chi connectivity index (χ1) is 10.5. The molecule has 4 atom stereocenters. The Morgan fingerprint density at radius 3 is 2.45 bits per heavy atom. The largest absolute Gasteiger partial charge is 0.481 e. The lowest BCUT2D eigenvalue weighted by Crippen LogP contribution is -2.37. The molecule has 1 spiro atoms. The molecule has 3 aliphatic carbocycles. The standard InChI is InChI=1S/C16H17BrN2O3/c17-11-4-1-8(7-18-11)19-14(20)12-9-2-3-10(13(12)15(21)22)16(9)5-6-16/h1,4,7,9-10,12-13H,2-3,5-6H2,(H,19,20)(H,21,22)/t9-,10+,12?,13+/m0/s1. The molecule has 116 valence electrons. The Kier molecular flexibility index (Phi) is 3.08. The number of hydrogen-bond acceptors (Lipinski definition) is 3. The molecule has 0 radical (unpaired) electrons. The second-order valence-electron chi connectivity index (χ2n) is 6.77. The number of carbonyl (C=O) groups is 2. The zero-order valence-corrected chi connectivity index (χ0v) is 13.5. The van der Waals surface area contributed by atoms with E-state index in [-0.39, 0.29) is 23.2 Å². The molecule has 2 bridgehead atoms. The van der Waals surface area contributed by atoms with Gasteiger partial charge < -0.3 is 10.4 Å². The van der Waals surface area contributed by atoms with E-state index in [9.17, 15) is 14.7 Å². The van der Waals surface area contributed by atoms with Gasteiger partial charge in [0.15, 0.2) is 0 Å². The maximum atomic E-state index is 12.7. The van der Waals surface area contributed by atoms with Gasteiger partial charge in [0.1, 0.15) is 4.60 Å². The number of carbonyl (C=O) groups excluding carboxylic acids is 1. The Hall–Kier alpha value is -1.43. The summed E-state index contributed by atoms with van der Waals surface area (Å²) in [4.78, 5) is 28.5. The highest BCUT2D eigenvalue weighted by Gasteiger charge is 2.71. The van der Waals surface area contributed by atoms with Crippen LogP contribution in [-0.2, 0) is 9.59 Å². The number of carboxylic acid groups (broad SMARTS) is 1. The van der Waals surface area contributed by atoms with Gasteiger partial charge in [-0.05, 0) is 71.0 Å². The minimum atomic E-state index is -0.812. The predicted octanol–water partition coefficient (Wildman–Crippen LogP) is 2.92. The highest BCUT2D eigenvalue weighted by atomic mass is 79.9. The van der Waals surface area contributed by atoms with Crippen LogP contribution in [0, 0.1) is 29.1 Å². The summed E-state index contributed by atoms with van der Waals surface area (Å²) in [7, 11) is 0. The van der Waals surface area contributed by atoms with Crippen LogP contribution in [0.5, 0.6) is 0 Å². The number of anilines is 1. The molecule has 3 saturated carbocycles. The first kappa shape index (κ1) is 14.2. The lowest BCUT2D eigenvalue weighted by Gasteiger charge is -2.26. The fourth-order valence-electron chi connectivity index (χ4n) is 5.02. The van der Waals surface area contributed by atoms with Crippen molar-refractivity contribution in [3.63, 3.8) is 0 Å². The maximum Gasteiger partial charge on any atom is 0.307 e. The van der Waals surface area contributed by atoms with Crippen LogP contribution in [-0.4, -0.2) is 22.0 Å². The van der Waals surface area contributed by atoms with Gasteiger partial charge in [0.25, 0.3) is 0 Å². The van der Waals surface area contributed by atoms with Crippen molar-refractivity contribution in [2.24, 2.45) is 29.1 Å². The summed E-state index contributed by atoms with van der Waals surface area (Å²) in [6, 6.07) is 3.53. The van der Waals surface area contributed by atoms with E-state index in [2.05, 4.69) is 26.2 Å². The van der Waals surface area contributed by atoms with E-state index in [0.29, 0.717) is 10.3 Å². The third-order valence-electron chi connectivity index (χ3n) is 5.93. The van der Waals surface area contributed by atoms with Crippen molar-refractivity contribution in [3.8, 4) is 0 Å². The molecule has 1 unspecified atom stereocenters. The van der Waals surface area contributed by atoms with Gasteiger partial charge in [0.2, 0.25) is 5.91 Å². The zero-order valence-electron chi connectivity index (χ0n) is 12.0. The summed E-state index contributed by atoms with van der Waals surface area (Å²) >= 11 is 3.25. The maximum absolute atomic E-state index is 12.7. The molecule has 22 heavy (non-hydrogen) atoms. The number of pyridine rings is 1. The summed E-state index contributed by atoms with van der Waals surface area (Å²) in [6.45, 7) is 0. The minimum absolute atomic E-state index is 0.156. The molecule has 2 N–H and O–H groups in total. The van der Waals surface area contributed by atoms with Crippen molar-refractivity contribution >= 4 is 33.5 Å². The SMILES string of the molecule is O=C(Nc1ccc(Br)nc1)C1[C@H](C(=O)O)[C@H]2CC[C@@H]1C21CC1. The van der Waals surface area contributed by atoms with Crippen LogP contribution < -0.4 is 5.32 Å². The van der Waals surface area contributed by atoms with Crippen LogP contribution in [0.1, 0.15) is 25.7 Å². The molecule has 3 aliphatic rings. The van der Waals surface area contributed by atoms with Crippen LogP contribution in [0.2, 0.25) is 0 Å². The molecule has 1 aromatic rings. The lowest BCUT2D eigenvalue weighted by molar-refractivity contribution is -0.148. The van der Waals surface area contributed by atoms with Gasteiger partial charge in [-0.3, -0.25) is 9.59 Å². The zero-order chi connectivity index (χ0) is 15.5. The van der Waals surface area contributed by atoms with Crippen molar-refractivity contribution in [2.75, 3.05) is 5.32 Å². The molecular weight excluding hydrogens is 348 g/mol. The number of halogens is 1. The number of nitrogens with zero attached hydrogens (tertiary/aromatic N) is 1. The van der Waals surface area contributed by atoms with Gasteiger partial charge in [-0.25, -0.2) is 4.98 Å². The van der Waals surface area contributed by atoms with Crippen molar-refractivity contribution in [1.82, 2.24) is 4.98 Å². The van der Waals surface area contributed by atoms with Gasteiger partial charge in [-0.2, -0.15) is 0 Å². The number of aromatic nitrogens is 1. The topological polar surface area (TPSA) is 79.3 Å². The lowest BCUT2D eigenvalue weighted by atomic mass is 9.78. The Morgan fingerprint density at radius 1 is 1.23 bits per heavy atom. The van der Waals surface area contributed by atoms with E-state index < -0.39 is 17.8 Å². The minimum Gasteiger partial charge on any atom is -0.481 e. The van der Waals surface area contributed by atoms with Crippen molar-refractivity contribution in [2.45, 2.75) is 25.7 Å². The molecule has 0 aromatic carbocycles. The average Bonchev–Trinajstić information content (AvgIpc) is 3.15. The smallest absolute Gasteiger partial charge is 0.307 e. The Labute approximate surface area is 136 Å². The van der Waals surface area contributed by atoms with Gasteiger partial charge in [0, 0.05) is 0 Å². The predicted molar refractivity (Wildman–Crippen MR) is 83.1 cm³/mol. The quantitative estimate of drug-likeness (QED) is 0.808. The van der Waals surface area contributed by atoms with E-state index >= 15 is 0 Å². The van der Waals surface area contributed by atoms with Gasteiger partial charge >= 0.3 is 5.97 Å². The molecule has 1 heterocycles. The summed E-state index contributed by atoms with van der Waals surface area (Å²) < 4.78 is 0.700. The van der Waals surface area contributed by atoms with E-state index in [1.807, 2.05) is 0 Å². The van der Waals surface area contributed by atoms with Gasteiger partial charge in [-0.15, -0.1) is 0 Å². The third-order valence-corrected chi connectivity index (χ3v) is 6.40. The molecule has 0 saturated heterocycles. The Morgan fingerprint density at radius 2 is 1.91 bits per heavy atom. The highest BCUT2D eigenvalue weighted by Crippen LogP contribution is 2.74. The highest BCUT2D eigenvalue weighted by molar-refractivity contribution is 9.10. The van der Waals surface area contributed by atoms with Gasteiger partial charge in [-0.1, -0.05) is 0 Å². The fourth-order valence-corrected chi connectivity index (χ4v) is 5.25. The molecule has 3 fully saturated rings. The molecular formula is C16H17BrN2O3. The van der Waals surface area contributed by atoms with Crippen molar-refractivity contribution in [3.05, 3.63) is 22.9 Å². The van der Waals surface area contributed by atoms with Crippen LogP contribution in [0.25, 0.3) is 0 Å². The normalized spacial score (nSPS) is 33.9. The monoisotopic (exact) mass is 364 g/mol. The van der Waals surface area contributed by atoms with Crippen molar-refractivity contribution < 1.29 is 14.7 Å². The van der Waals surface area contributed by atoms with Crippen LogP contribution in [0.4, 0.5) is 5.69 Å². The Balaban J connectivity index is 1.59. The second kappa shape index (κ2) is 4.78. The first-order valence-electron chi connectivity index (χ1n) is 7.68. The molecule has 6 heteroatoms. The number of carboxylic acids is 1. The molecule has 4 rings (SSSR count). The second-order valence-corrected chi connectivity index (χ2v) is 7.58. The van der Waals surface area contributed by atoms with Crippen LogP contribution >= 0.6 is 15.9 Å². The first-order valence-corrected chi connectivity index (χ1v) is 8.47. The van der Waals surface area contributed by atoms with Crippen molar-refractivity contribution in [1.29, 1.82) is 0 Å². The number of rotatable bonds is 3.